The number of aromatic amines is 1. The first-order valence-corrected chi connectivity index (χ1v) is 8.43. The van der Waals surface area contributed by atoms with Crippen molar-refractivity contribution in [2.75, 3.05) is 12.0 Å². The standard InChI is InChI=1S/C14H21N5O2S/c1-8-10(7-16-14(21)11(15)4-5-22-3)9(2)19-12(17-8)6-13(20)18-19/h6,11H,4-5,7,15H2,1-3H3,(H,16,21)(H,18,20)/t11-/m0/s1. The molecule has 0 saturated heterocycles. The Hall–Kier alpha value is -1.80. The molecule has 7 nitrogen and oxygen atoms in total. The van der Waals surface area contributed by atoms with Gasteiger partial charge < -0.3 is 11.1 Å². The summed E-state index contributed by atoms with van der Waals surface area (Å²) in [6.45, 7) is 4.08. The minimum absolute atomic E-state index is 0.172. The largest absolute Gasteiger partial charge is 0.351 e. The van der Waals surface area contributed by atoms with E-state index in [9.17, 15) is 9.59 Å². The third kappa shape index (κ3) is 3.50. The first-order chi connectivity index (χ1) is 10.4. The van der Waals surface area contributed by atoms with E-state index in [0.717, 1.165) is 22.7 Å². The quantitative estimate of drug-likeness (QED) is 0.711. The summed E-state index contributed by atoms with van der Waals surface area (Å²) in [6, 6.07) is 0.942. The van der Waals surface area contributed by atoms with Crippen LogP contribution in [0.25, 0.3) is 5.65 Å². The lowest BCUT2D eigenvalue weighted by Crippen LogP contribution is -2.40. The van der Waals surface area contributed by atoms with Crippen LogP contribution in [0.1, 0.15) is 23.4 Å². The van der Waals surface area contributed by atoms with Crippen molar-refractivity contribution in [3.8, 4) is 0 Å². The van der Waals surface area contributed by atoms with Crippen LogP contribution in [0, 0.1) is 13.8 Å². The zero-order chi connectivity index (χ0) is 16.3. The molecule has 2 heterocycles. The van der Waals surface area contributed by atoms with Gasteiger partial charge in [0.25, 0.3) is 5.56 Å². The van der Waals surface area contributed by atoms with Crippen molar-refractivity contribution >= 4 is 23.3 Å². The SMILES string of the molecule is CSCC[C@H](N)C(=O)NCc1c(C)nc2cc(=O)[nH]n2c1C. The van der Waals surface area contributed by atoms with Crippen LogP contribution in [-0.4, -0.2) is 38.6 Å². The number of carbonyl (C=O) groups excluding carboxylic acids is 1. The van der Waals surface area contributed by atoms with E-state index in [1.165, 1.54) is 6.07 Å². The number of carbonyl (C=O) groups is 1. The highest BCUT2D eigenvalue weighted by Gasteiger charge is 2.15. The molecule has 0 spiro atoms. The van der Waals surface area contributed by atoms with E-state index in [2.05, 4.69) is 15.4 Å². The number of amides is 1. The Morgan fingerprint density at radius 2 is 2.27 bits per heavy atom. The summed E-state index contributed by atoms with van der Waals surface area (Å²) in [6.07, 6.45) is 2.63. The number of aryl methyl sites for hydroxylation is 2. The van der Waals surface area contributed by atoms with E-state index in [1.807, 2.05) is 20.1 Å². The molecule has 0 bridgehead atoms. The van der Waals surface area contributed by atoms with Gasteiger partial charge >= 0.3 is 0 Å². The number of nitrogens with one attached hydrogen (secondary N) is 2. The van der Waals surface area contributed by atoms with E-state index in [-0.39, 0.29) is 11.5 Å². The Labute approximate surface area is 132 Å². The topological polar surface area (TPSA) is 105 Å². The van der Waals surface area contributed by atoms with Crippen LogP contribution in [0.5, 0.6) is 0 Å². The highest BCUT2D eigenvalue weighted by atomic mass is 32.2. The maximum atomic E-state index is 12.0. The number of hydrogen-bond donors (Lipinski definition) is 3. The lowest BCUT2D eigenvalue weighted by Gasteiger charge is -2.15. The van der Waals surface area contributed by atoms with Crippen molar-refractivity contribution < 1.29 is 4.79 Å². The minimum Gasteiger partial charge on any atom is -0.351 e. The molecule has 2 aromatic heterocycles. The number of fused-ring (bicyclic) bond motifs is 1. The molecule has 0 unspecified atom stereocenters. The zero-order valence-corrected chi connectivity index (χ0v) is 13.8. The summed E-state index contributed by atoms with van der Waals surface area (Å²) in [5, 5.41) is 5.53. The molecule has 0 radical (unpaired) electrons. The average molecular weight is 323 g/mol. The molecule has 0 aromatic carbocycles. The van der Waals surface area contributed by atoms with E-state index in [0.29, 0.717) is 18.6 Å². The van der Waals surface area contributed by atoms with Crippen molar-refractivity contribution in [1.29, 1.82) is 0 Å². The van der Waals surface area contributed by atoms with Crippen LogP contribution >= 0.6 is 11.8 Å². The summed E-state index contributed by atoms with van der Waals surface area (Å²) < 4.78 is 1.63. The molecule has 0 aliphatic carbocycles. The van der Waals surface area contributed by atoms with Gasteiger partial charge in [-0.15, -0.1) is 0 Å². The van der Waals surface area contributed by atoms with Crippen molar-refractivity contribution in [2.45, 2.75) is 32.9 Å². The number of nitrogens with two attached hydrogens (primary N) is 1. The van der Waals surface area contributed by atoms with Gasteiger partial charge in [-0.05, 0) is 32.3 Å². The lowest BCUT2D eigenvalue weighted by molar-refractivity contribution is -0.122. The predicted molar refractivity (Wildman–Crippen MR) is 88.1 cm³/mol. The molecular formula is C14H21N5O2S. The molecule has 0 aliphatic heterocycles. The normalized spacial score (nSPS) is 12.5. The van der Waals surface area contributed by atoms with Gasteiger partial charge in [0.05, 0.1) is 6.04 Å². The van der Waals surface area contributed by atoms with Gasteiger partial charge in [-0.1, -0.05) is 0 Å². The average Bonchev–Trinajstić information content (AvgIpc) is 2.84. The number of aromatic nitrogens is 3. The molecule has 2 rings (SSSR count). The molecule has 120 valence electrons. The van der Waals surface area contributed by atoms with Gasteiger partial charge in [0, 0.05) is 29.6 Å². The van der Waals surface area contributed by atoms with Gasteiger partial charge in [-0.25, -0.2) is 9.50 Å². The van der Waals surface area contributed by atoms with E-state index in [1.54, 1.807) is 16.3 Å². The van der Waals surface area contributed by atoms with Crippen LogP contribution in [0.3, 0.4) is 0 Å². The molecule has 1 atom stereocenters. The molecular weight excluding hydrogens is 302 g/mol. The molecule has 22 heavy (non-hydrogen) atoms. The number of hydrogen-bond acceptors (Lipinski definition) is 5. The molecule has 1 amide bonds. The fourth-order valence-electron chi connectivity index (χ4n) is 2.29. The Morgan fingerprint density at radius 1 is 1.55 bits per heavy atom. The second-order valence-electron chi connectivity index (χ2n) is 5.18. The third-order valence-corrected chi connectivity index (χ3v) is 4.26. The number of nitrogens with zero attached hydrogens (tertiary/aromatic N) is 2. The summed E-state index contributed by atoms with van der Waals surface area (Å²) in [5.41, 5.74) is 8.74. The van der Waals surface area contributed by atoms with Crippen molar-refractivity contribution in [3.63, 3.8) is 0 Å². The van der Waals surface area contributed by atoms with Crippen LogP contribution in [0.2, 0.25) is 0 Å². The van der Waals surface area contributed by atoms with Crippen LogP contribution in [0.4, 0.5) is 0 Å². The second kappa shape index (κ2) is 6.97. The van der Waals surface area contributed by atoms with Gasteiger partial charge in [0.15, 0.2) is 5.65 Å². The summed E-state index contributed by atoms with van der Waals surface area (Å²) >= 11 is 1.66. The molecule has 0 fully saturated rings. The smallest absolute Gasteiger partial charge is 0.266 e. The summed E-state index contributed by atoms with van der Waals surface area (Å²) in [4.78, 5) is 27.8. The van der Waals surface area contributed by atoms with Crippen LogP contribution in [-0.2, 0) is 11.3 Å². The highest BCUT2D eigenvalue weighted by molar-refractivity contribution is 7.98. The van der Waals surface area contributed by atoms with Crippen LogP contribution < -0.4 is 16.6 Å². The molecule has 0 aliphatic rings. The first-order valence-electron chi connectivity index (χ1n) is 7.04. The van der Waals surface area contributed by atoms with Crippen molar-refractivity contribution in [1.82, 2.24) is 19.9 Å². The maximum Gasteiger partial charge on any atom is 0.266 e. The minimum atomic E-state index is -0.504. The predicted octanol–water partition coefficient (Wildman–Crippen LogP) is 0.336. The molecule has 4 N–H and O–H groups in total. The second-order valence-corrected chi connectivity index (χ2v) is 6.17. The molecule has 8 heteroatoms. The summed E-state index contributed by atoms with van der Waals surface area (Å²) in [5.74, 6) is 0.680. The number of thioether (sulfide) groups is 1. The Kier molecular flexibility index (Phi) is 5.25. The van der Waals surface area contributed by atoms with Crippen molar-refractivity contribution in [3.05, 3.63) is 33.4 Å². The lowest BCUT2D eigenvalue weighted by atomic mass is 10.1. The fraction of sp³-hybridized carbons (Fsp3) is 0.500. The van der Waals surface area contributed by atoms with Gasteiger partial charge in [0.2, 0.25) is 5.91 Å². The molecule has 2 aromatic rings. The fourth-order valence-corrected chi connectivity index (χ4v) is 2.78. The number of rotatable bonds is 6. The Bertz CT molecular complexity index is 737. The van der Waals surface area contributed by atoms with E-state index < -0.39 is 6.04 Å². The van der Waals surface area contributed by atoms with Crippen LogP contribution in [0.15, 0.2) is 10.9 Å². The Morgan fingerprint density at radius 3 is 2.95 bits per heavy atom. The van der Waals surface area contributed by atoms with Gasteiger partial charge in [-0.3, -0.25) is 14.7 Å². The number of H-pyrrole nitrogens is 1. The highest BCUT2D eigenvalue weighted by Crippen LogP contribution is 2.13. The van der Waals surface area contributed by atoms with Crippen molar-refractivity contribution in [2.24, 2.45) is 5.73 Å². The van der Waals surface area contributed by atoms with E-state index in [4.69, 9.17) is 5.73 Å². The Balaban J connectivity index is 2.14. The summed E-state index contributed by atoms with van der Waals surface area (Å²) in [7, 11) is 0. The monoisotopic (exact) mass is 323 g/mol. The molecule has 0 saturated carbocycles. The first kappa shape index (κ1) is 16.6. The van der Waals surface area contributed by atoms with Gasteiger partial charge in [0.1, 0.15) is 0 Å². The third-order valence-electron chi connectivity index (χ3n) is 3.61. The van der Waals surface area contributed by atoms with E-state index >= 15 is 0 Å². The van der Waals surface area contributed by atoms with Gasteiger partial charge in [-0.2, -0.15) is 11.8 Å². The maximum absolute atomic E-state index is 12.0. The zero-order valence-electron chi connectivity index (χ0n) is 13.0.